The van der Waals surface area contributed by atoms with Crippen LogP contribution in [0.4, 0.5) is 18.9 Å². The van der Waals surface area contributed by atoms with Gasteiger partial charge in [0, 0.05) is 10.2 Å². The Bertz CT molecular complexity index is 488. The maximum absolute atomic E-state index is 12.6. The van der Waals surface area contributed by atoms with Gasteiger partial charge in [0.1, 0.15) is 0 Å². The van der Waals surface area contributed by atoms with Crippen molar-refractivity contribution in [2.45, 2.75) is 6.18 Å². The van der Waals surface area contributed by atoms with Gasteiger partial charge in [-0.25, -0.2) is 4.79 Å². The van der Waals surface area contributed by atoms with Gasteiger partial charge < -0.3 is 10.1 Å². The van der Waals surface area contributed by atoms with Crippen LogP contribution in [0.2, 0.25) is 0 Å². The Hall–Kier alpha value is -1.57. The van der Waals surface area contributed by atoms with Gasteiger partial charge in [-0.15, -0.1) is 0 Å². The quantitative estimate of drug-likeness (QED) is 0.637. The highest BCUT2D eigenvalue weighted by Gasteiger charge is 2.33. The predicted octanol–water partition coefficient (Wildman–Crippen LogP) is 2.58. The Morgan fingerprint density at radius 3 is 2.44 bits per heavy atom. The van der Waals surface area contributed by atoms with Crippen molar-refractivity contribution < 1.29 is 27.5 Å². The topological polar surface area (TPSA) is 55.4 Å². The van der Waals surface area contributed by atoms with Gasteiger partial charge in [0.2, 0.25) is 0 Å². The van der Waals surface area contributed by atoms with Gasteiger partial charge in [-0.05, 0) is 18.2 Å². The molecular formula is C10H7BrF3NO3. The maximum Gasteiger partial charge on any atom is 0.417 e. The molecule has 4 nitrogen and oxygen atoms in total. The minimum atomic E-state index is -4.56. The molecule has 98 valence electrons. The van der Waals surface area contributed by atoms with E-state index in [1.165, 1.54) is 6.07 Å². The van der Waals surface area contributed by atoms with Gasteiger partial charge in [0.15, 0.2) is 0 Å². The summed E-state index contributed by atoms with van der Waals surface area (Å²) in [6, 6.07) is 3.06. The summed E-state index contributed by atoms with van der Waals surface area (Å²) in [5.41, 5.74) is -1.11. The van der Waals surface area contributed by atoms with Crippen molar-refractivity contribution in [3.05, 3.63) is 28.2 Å². The summed E-state index contributed by atoms with van der Waals surface area (Å²) in [6.45, 7) is 0. The number of hydrogen-bond acceptors (Lipinski definition) is 3. The summed E-state index contributed by atoms with van der Waals surface area (Å²) < 4.78 is 41.6. The van der Waals surface area contributed by atoms with Crippen LogP contribution in [0.15, 0.2) is 22.7 Å². The third-order valence-corrected chi connectivity index (χ3v) is 2.59. The summed E-state index contributed by atoms with van der Waals surface area (Å²) in [4.78, 5) is 21.9. The molecule has 0 radical (unpaired) electrons. The third kappa shape index (κ3) is 3.46. The highest BCUT2D eigenvalue weighted by molar-refractivity contribution is 9.10. The van der Waals surface area contributed by atoms with Crippen LogP contribution in [0.25, 0.3) is 0 Å². The maximum atomic E-state index is 12.6. The van der Waals surface area contributed by atoms with Gasteiger partial charge in [0.25, 0.3) is 0 Å². The average Bonchev–Trinajstić information content (AvgIpc) is 2.29. The molecule has 0 bridgehead atoms. The molecule has 0 heterocycles. The summed E-state index contributed by atoms with van der Waals surface area (Å²) in [6.07, 6.45) is -4.56. The van der Waals surface area contributed by atoms with Gasteiger partial charge in [0.05, 0.1) is 12.7 Å². The molecule has 1 rings (SSSR count). The number of hydrogen-bond donors (Lipinski definition) is 1. The molecule has 0 saturated heterocycles. The first-order valence-corrected chi connectivity index (χ1v) is 5.31. The van der Waals surface area contributed by atoms with E-state index < -0.39 is 23.6 Å². The fourth-order valence-electron chi connectivity index (χ4n) is 1.10. The molecule has 8 heteroatoms. The predicted molar refractivity (Wildman–Crippen MR) is 59.8 cm³/mol. The normalized spacial score (nSPS) is 10.9. The van der Waals surface area contributed by atoms with E-state index in [1.807, 2.05) is 5.32 Å². The monoisotopic (exact) mass is 325 g/mol. The molecule has 0 aliphatic heterocycles. The zero-order valence-electron chi connectivity index (χ0n) is 8.97. The number of alkyl halides is 3. The number of carbonyl (C=O) groups is 2. The SMILES string of the molecule is COC(=O)C(=O)Nc1ccc(Br)c(C(F)(F)F)c1. The molecule has 0 aliphatic rings. The Kier molecular flexibility index (Phi) is 4.33. The highest BCUT2D eigenvalue weighted by Crippen LogP contribution is 2.36. The second kappa shape index (κ2) is 5.38. The van der Waals surface area contributed by atoms with Crippen LogP contribution in [0.3, 0.4) is 0 Å². The number of benzene rings is 1. The van der Waals surface area contributed by atoms with E-state index in [-0.39, 0.29) is 10.2 Å². The van der Waals surface area contributed by atoms with Gasteiger partial charge in [-0.3, -0.25) is 4.79 Å². The number of amides is 1. The molecule has 0 aliphatic carbocycles. The second-order valence-corrected chi connectivity index (χ2v) is 3.99. The largest absolute Gasteiger partial charge is 0.462 e. The first kappa shape index (κ1) is 14.5. The minimum absolute atomic E-state index is 0.152. The van der Waals surface area contributed by atoms with Crippen LogP contribution in [0.5, 0.6) is 0 Å². The smallest absolute Gasteiger partial charge is 0.417 e. The lowest BCUT2D eigenvalue weighted by molar-refractivity contribution is -0.150. The van der Waals surface area contributed by atoms with Gasteiger partial charge in [-0.2, -0.15) is 13.2 Å². The first-order valence-electron chi connectivity index (χ1n) is 4.51. The van der Waals surface area contributed by atoms with Crippen LogP contribution in [-0.2, 0) is 20.5 Å². The van der Waals surface area contributed by atoms with Crippen molar-refractivity contribution in [1.82, 2.24) is 0 Å². The molecule has 1 N–H and O–H groups in total. The Morgan fingerprint density at radius 2 is 1.94 bits per heavy atom. The molecule has 0 atom stereocenters. The summed E-state index contributed by atoms with van der Waals surface area (Å²) >= 11 is 2.75. The number of methoxy groups -OCH3 is 1. The third-order valence-electron chi connectivity index (χ3n) is 1.90. The molecule has 1 aromatic rings. The number of nitrogens with one attached hydrogen (secondary N) is 1. The summed E-state index contributed by atoms with van der Waals surface area (Å²) in [5.74, 6) is -2.33. The van der Waals surface area contributed by atoms with E-state index in [1.54, 1.807) is 0 Å². The lowest BCUT2D eigenvalue weighted by atomic mass is 10.2. The van der Waals surface area contributed by atoms with E-state index in [9.17, 15) is 22.8 Å². The van der Waals surface area contributed by atoms with Crippen molar-refractivity contribution in [2.24, 2.45) is 0 Å². The number of ether oxygens (including phenoxy) is 1. The zero-order chi connectivity index (χ0) is 13.9. The van der Waals surface area contributed by atoms with Crippen LogP contribution < -0.4 is 5.32 Å². The molecule has 18 heavy (non-hydrogen) atoms. The summed E-state index contributed by atoms with van der Waals surface area (Å²) in [5, 5.41) is 2.00. The molecular weight excluding hydrogens is 319 g/mol. The standard InChI is InChI=1S/C10H7BrF3NO3/c1-18-9(17)8(16)15-5-2-3-7(11)6(4-5)10(12,13)14/h2-4H,1H3,(H,15,16). The van der Waals surface area contributed by atoms with E-state index in [4.69, 9.17) is 0 Å². The van der Waals surface area contributed by atoms with Crippen molar-refractivity contribution >= 4 is 33.5 Å². The van der Waals surface area contributed by atoms with Crippen LogP contribution in [0, 0.1) is 0 Å². The molecule has 0 unspecified atom stereocenters. The van der Waals surface area contributed by atoms with Crippen molar-refractivity contribution in [3.8, 4) is 0 Å². The number of anilines is 1. The van der Waals surface area contributed by atoms with E-state index in [0.717, 1.165) is 13.2 Å². The number of halogens is 4. The van der Waals surface area contributed by atoms with Crippen LogP contribution >= 0.6 is 15.9 Å². The average molecular weight is 326 g/mol. The first-order chi connectivity index (χ1) is 8.25. The van der Waals surface area contributed by atoms with Gasteiger partial charge in [-0.1, -0.05) is 15.9 Å². The molecule has 1 aromatic carbocycles. The van der Waals surface area contributed by atoms with E-state index in [2.05, 4.69) is 20.7 Å². The minimum Gasteiger partial charge on any atom is -0.462 e. The Morgan fingerprint density at radius 1 is 1.33 bits per heavy atom. The molecule has 0 spiro atoms. The summed E-state index contributed by atoms with van der Waals surface area (Å²) in [7, 11) is 0.991. The Balaban J connectivity index is 3.00. The lowest BCUT2D eigenvalue weighted by Gasteiger charge is -2.11. The lowest BCUT2D eigenvalue weighted by Crippen LogP contribution is -2.24. The molecule has 0 saturated carbocycles. The van der Waals surface area contributed by atoms with Crippen LogP contribution in [0.1, 0.15) is 5.56 Å². The molecule has 1 amide bonds. The molecule has 0 aromatic heterocycles. The van der Waals surface area contributed by atoms with Crippen molar-refractivity contribution in [1.29, 1.82) is 0 Å². The number of carbonyl (C=O) groups excluding carboxylic acids is 2. The van der Waals surface area contributed by atoms with E-state index >= 15 is 0 Å². The second-order valence-electron chi connectivity index (χ2n) is 3.14. The van der Waals surface area contributed by atoms with Crippen molar-refractivity contribution in [3.63, 3.8) is 0 Å². The van der Waals surface area contributed by atoms with Crippen LogP contribution in [-0.4, -0.2) is 19.0 Å². The fraction of sp³-hybridized carbons (Fsp3) is 0.200. The highest BCUT2D eigenvalue weighted by atomic mass is 79.9. The van der Waals surface area contributed by atoms with E-state index in [0.29, 0.717) is 6.07 Å². The van der Waals surface area contributed by atoms with Gasteiger partial charge >= 0.3 is 18.1 Å². The number of esters is 1. The zero-order valence-corrected chi connectivity index (χ0v) is 10.6. The van der Waals surface area contributed by atoms with Crippen molar-refractivity contribution in [2.75, 3.05) is 12.4 Å². The molecule has 0 fully saturated rings. The fourth-order valence-corrected chi connectivity index (χ4v) is 1.57. The number of rotatable bonds is 1. The Labute approximate surface area is 108 Å².